The Hall–Kier alpha value is -2.29. The van der Waals surface area contributed by atoms with Crippen molar-refractivity contribution in [3.63, 3.8) is 0 Å². The summed E-state index contributed by atoms with van der Waals surface area (Å²) in [5.74, 6) is -1.16. The van der Waals surface area contributed by atoms with Crippen molar-refractivity contribution in [2.24, 2.45) is 0 Å². The number of halogens is 2. The molecule has 0 aliphatic carbocycles. The highest BCUT2D eigenvalue weighted by Gasteiger charge is 2.23. The molecule has 1 N–H and O–H groups in total. The van der Waals surface area contributed by atoms with E-state index < -0.39 is 16.6 Å². The fourth-order valence-electron chi connectivity index (χ4n) is 1.59. The number of nitrogens with zero attached hydrogens (tertiary/aromatic N) is 3. The summed E-state index contributed by atoms with van der Waals surface area (Å²) in [6, 6.07) is 2.88. The van der Waals surface area contributed by atoms with Gasteiger partial charge in [0, 0.05) is 7.05 Å². The summed E-state index contributed by atoms with van der Waals surface area (Å²) in [7, 11) is 1.55. The zero-order chi connectivity index (χ0) is 15.6. The molecule has 110 valence electrons. The molecule has 0 radical (unpaired) electrons. The molecule has 0 bridgehead atoms. The summed E-state index contributed by atoms with van der Waals surface area (Å²) < 4.78 is 26.8. The van der Waals surface area contributed by atoms with Gasteiger partial charge in [-0.3, -0.25) is 10.1 Å². The zero-order valence-electron chi connectivity index (χ0n) is 11.1. The van der Waals surface area contributed by atoms with Crippen LogP contribution in [0.2, 0.25) is 0 Å². The Balaban J connectivity index is 2.54. The predicted octanol–water partition coefficient (Wildman–Crippen LogP) is 3.16. The van der Waals surface area contributed by atoms with Crippen LogP contribution in [0.4, 0.5) is 20.4 Å². The third kappa shape index (κ3) is 3.24. The maximum absolute atomic E-state index is 13.7. The number of aryl methyl sites for hydroxylation is 1. The molecule has 2 rings (SSSR count). The van der Waals surface area contributed by atoms with E-state index in [9.17, 15) is 18.9 Å². The molecule has 21 heavy (non-hydrogen) atoms. The van der Waals surface area contributed by atoms with Gasteiger partial charge in [0.25, 0.3) is 0 Å². The SMILES string of the molecule is CNc1nc(C)c([N+](=O)[O-])c(Sc2cc(F)ccc2F)n1. The van der Waals surface area contributed by atoms with Gasteiger partial charge in [-0.2, -0.15) is 4.98 Å². The third-order valence-corrected chi connectivity index (χ3v) is 3.54. The van der Waals surface area contributed by atoms with E-state index in [2.05, 4.69) is 15.3 Å². The van der Waals surface area contributed by atoms with Gasteiger partial charge >= 0.3 is 5.69 Å². The third-order valence-electron chi connectivity index (χ3n) is 2.53. The van der Waals surface area contributed by atoms with Gasteiger partial charge in [0.15, 0.2) is 5.03 Å². The van der Waals surface area contributed by atoms with E-state index in [4.69, 9.17) is 0 Å². The average molecular weight is 312 g/mol. The Morgan fingerprint density at radius 2 is 2.05 bits per heavy atom. The molecular formula is C12H10F2N4O2S. The van der Waals surface area contributed by atoms with Crippen molar-refractivity contribution >= 4 is 23.4 Å². The minimum atomic E-state index is -0.682. The summed E-state index contributed by atoms with van der Waals surface area (Å²) in [6.07, 6.45) is 0. The number of benzene rings is 1. The van der Waals surface area contributed by atoms with Crippen LogP contribution in [0.1, 0.15) is 5.69 Å². The lowest BCUT2D eigenvalue weighted by Crippen LogP contribution is -2.04. The van der Waals surface area contributed by atoms with Gasteiger partial charge < -0.3 is 5.32 Å². The normalized spacial score (nSPS) is 10.5. The lowest BCUT2D eigenvalue weighted by atomic mass is 10.3. The number of nitrogens with one attached hydrogen (secondary N) is 1. The molecule has 1 heterocycles. The molecule has 2 aromatic rings. The van der Waals surface area contributed by atoms with E-state index in [-0.39, 0.29) is 27.3 Å². The number of aromatic nitrogens is 2. The van der Waals surface area contributed by atoms with Crippen LogP contribution >= 0.6 is 11.8 Å². The van der Waals surface area contributed by atoms with Crippen LogP contribution in [0.25, 0.3) is 0 Å². The first-order valence-corrected chi connectivity index (χ1v) is 6.57. The van der Waals surface area contributed by atoms with Crippen molar-refractivity contribution in [2.75, 3.05) is 12.4 Å². The van der Waals surface area contributed by atoms with Crippen LogP contribution < -0.4 is 5.32 Å². The fourth-order valence-corrected chi connectivity index (χ4v) is 2.59. The van der Waals surface area contributed by atoms with Crippen LogP contribution in [0.5, 0.6) is 0 Å². The van der Waals surface area contributed by atoms with Crippen molar-refractivity contribution in [2.45, 2.75) is 16.8 Å². The first-order chi connectivity index (χ1) is 9.92. The van der Waals surface area contributed by atoms with Gasteiger partial charge in [0.2, 0.25) is 5.95 Å². The second-order valence-corrected chi connectivity index (χ2v) is 5.00. The molecule has 0 fully saturated rings. The highest BCUT2D eigenvalue weighted by Crippen LogP contribution is 2.36. The van der Waals surface area contributed by atoms with Gasteiger partial charge in [-0.05, 0) is 25.1 Å². The van der Waals surface area contributed by atoms with Crippen LogP contribution in [-0.2, 0) is 0 Å². The molecule has 0 saturated heterocycles. The van der Waals surface area contributed by atoms with Gasteiger partial charge in [-0.15, -0.1) is 0 Å². The van der Waals surface area contributed by atoms with Crippen molar-refractivity contribution in [1.29, 1.82) is 0 Å². The molecular weight excluding hydrogens is 302 g/mol. The second-order valence-electron chi connectivity index (χ2n) is 3.97. The largest absolute Gasteiger partial charge is 0.357 e. The maximum Gasteiger partial charge on any atom is 0.322 e. The van der Waals surface area contributed by atoms with Crippen LogP contribution in [0.3, 0.4) is 0 Å². The van der Waals surface area contributed by atoms with E-state index in [0.29, 0.717) is 11.8 Å². The summed E-state index contributed by atoms with van der Waals surface area (Å²) >= 11 is 0.679. The fraction of sp³-hybridized carbons (Fsp3) is 0.167. The highest BCUT2D eigenvalue weighted by atomic mass is 32.2. The summed E-state index contributed by atoms with van der Waals surface area (Å²) in [5.41, 5.74) is -0.193. The van der Waals surface area contributed by atoms with Gasteiger partial charge in [-0.25, -0.2) is 13.8 Å². The standard InChI is InChI=1S/C12H10F2N4O2S/c1-6-10(18(19)20)11(17-12(15-2)16-6)21-9-5-7(13)3-4-8(9)14/h3-5H,1-2H3,(H,15,16,17). The monoisotopic (exact) mass is 312 g/mol. The summed E-state index contributed by atoms with van der Waals surface area (Å²) in [6.45, 7) is 1.45. The van der Waals surface area contributed by atoms with E-state index in [1.165, 1.54) is 6.92 Å². The molecule has 9 heteroatoms. The summed E-state index contributed by atoms with van der Waals surface area (Å²) in [4.78, 5) is 18.2. The van der Waals surface area contributed by atoms with E-state index in [0.717, 1.165) is 18.2 Å². The minimum absolute atomic E-state index is 0.0543. The van der Waals surface area contributed by atoms with Crippen molar-refractivity contribution < 1.29 is 13.7 Å². The molecule has 0 aliphatic heterocycles. The van der Waals surface area contributed by atoms with Crippen LogP contribution in [0, 0.1) is 28.7 Å². The topological polar surface area (TPSA) is 81.0 Å². The molecule has 1 aromatic carbocycles. The molecule has 6 nitrogen and oxygen atoms in total. The number of hydrogen-bond acceptors (Lipinski definition) is 6. The number of anilines is 1. The summed E-state index contributed by atoms with van der Waals surface area (Å²) in [5, 5.41) is 13.7. The lowest BCUT2D eigenvalue weighted by Gasteiger charge is -2.07. The number of nitro groups is 1. The highest BCUT2D eigenvalue weighted by molar-refractivity contribution is 7.99. The van der Waals surface area contributed by atoms with E-state index >= 15 is 0 Å². The Bertz CT molecular complexity index is 712. The van der Waals surface area contributed by atoms with Crippen molar-refractivity contribution in [3.8, 4) is 0 Å². The van der Waals surface area contributed by atoms with Crippen LogP contribution in [0.15, 0.2) is 28.1 Å². The number of rotatable bonds is 4. The number of hydrogen-bond donors (Lipinski definition) is 1. The van der Waals surface area contributed by atoms with Gasteiger partial charge in [0.1, 0.15) is 17.3 Å². The van der Waals surface area contributed by atoms with Crippen molar-refractivity contribution in [1.82, 2.24) is 9.97 Å². The average Bonchev–Trinajstić information content (AvgIpc) is 2.41. The first kappa shape index (κ1) is 15.1. The van der Waals surface area contributed by atoms with Crippen molar-refractivity contribution in [3.05, 3.63) is 45.6 Å². The van der Waals surface area contributed by atoms with Crippen LogP contribution in [-0.4, -0.2) is 21.9 Å². The Morgan fingerprint density at radius 1 is 1.33 bits per heavy atom. The first-order valence-electron chi connectivity index (χ1n) is 5.76. The molecule has 0 atom stereocenters. The Morgan fingerprint density at radius 3 is 2.67 bits per heavy atom. The Labute approximate surface area is 122 Å². The quantitative estimate of drug-likeness (QED) is 0.530. The maximum atomic E-state index is 13.7. The molecule has 0 amide bonds. The molecule has 0 saturated carbocycles. The zero-order valence-corrected chi connectivity index (χ0v) is 11.9. The minimum Gasteiger partial charge on any atom is -0.357 e. The van der Waals surface area contributed by atoms with E-state index in [1.807, 2.05) is 0 Å². The predicted molar refractivity (Wildman–Crippen MR) is 73.5 cm³/mol. The molecule has 0 aliphatic rings. The molecule has 0 spiro atoms. The van der Waals surface area contributed by atoms with Gasteiger partial charge in [0.05, 0.1) is 9.82 Å². The van der Waals surface area contributed by atoms with E-state index in [1.54, 1.807) is 7.05 Å². The Kier molecular flexibility index (Phi) is 4.32. The van der Waals surface area contributed by atoms with Gasteiger partial charge in [-0.1, -0.05) is 11.8 Å². The smallest absolute Gasteiger partial charge is 0.322 e. The molecule has 0 unspecified atom stereocenters. The second kappa shape index (κ2) is 6.00. The molecule has 1 aromatic heterocycles. The lowest BCUT2D eigenvalue weighted by molar-refractivity contribution is -0.389.